The Kier molecular flexibility index (Phi) is 5.57. The van der Waals surface area contributed by atoms with E-state index in [0.29, 0.717) is 17.8 Å². The molecule has 128 valence electrons. The average molecular weight is 329 g/mol. The maximum atomic E-state index is 12.2. The molecule has 1 atom stereocenters. The molecule has 7 heteroatoms. The number of amides is 3. The van der Waals surface area contributed by atoms with E-state index in [4.69, 9.17) is 0 Å². The van der Waals surface area contributed by atoms with Gasteiger partial charge >= 0.3 is 6.03 Å². The molecule has 0 bridgehead atoms. The van der Waals surface area contributed by atoms with Gasteiger partial charge < -0.3 is 16.0 Å². The molecular weight excluding hydrogens is 306 g/mol. The lowest BCUT2D eigenvalue weighted by Gasteiger charge is -2.14. The third kappa shape index (κ3) is 4.34. The number of anilines is 1. The summed E-state index contributed by atoms with van der Waals surface area (Å²) >= 11 is 0. The van der Waals surface area contributed by atoms with Crippen LogP contribution in [-0.2, 0) is 7.05 Å². The maximum Gasteiger partial charge on any atom is 0.319 e. The topological polar surface area (TPSA) is 88.0 Å². The van der Waals surface area contributed by atoms with Crippen LogP contribution in [0.25, 0.3) is 0 Å². The summed E-state index contributed by atoms with van der Waals surface area (Å²) < 4.78 is 1.72. The monoisotopic (exact) mass is 329 g/mol. The molecule has 0 spiro atoms. The van der Waals surface area contributed by atoms with Crippen molar-refractivity contribution in [2.45, 2.75) is 26.8 Å². The van der Waals surface area contributed by atoms with Crippen molar-refractivity contribution in [1.29, 1.82) is 0 Å². The quantitative estimate of drug-likeness (QED) is 0.787. The van der Waals surface area contributed by atoms with Crippen molar-refractivity contribution in [2.75, 3.05) is 11.9 Å². The summed E-state index contributed by atoms with van der Waals surface area (Å²) in [5.41, 5.74) is 2.91. The Morgan fingerprint density at radius 2 is 2.08 bits per heavy atom. The lowest BCUT2D eigenvalue weighted by Crippen LogP contribution is -2.31. The van der Waals surface area contributed by atoms with E-state index in [9.17, 15) is 9.59 Å². The number of urea groups is 1. The Bertz CT molecular complexity index is 738. The minimum absolute atomic E-state index is 0.166. The van der Waals surface area contributed by atoms with E-state index in [2.05, 4.69) is 21.0 Å². The third-order valence-corrected chi connectivity index (χ3v) is 3.59. The number of nitrogens with one attached hydrogen (secondary N) is 3. The molecule has 0 saturated carbocycles. The summed E-state index contributed by atoms with van der Waals surface area (Å²) in [5, 5.41) is 12.6. The third-order valence-electron chi connectivity index (χ3n) is 3.59. The number of rotatable bonds is 5. The average Bonchev–Trinajstić information content (AvgIpc) is 2.86. The van der Waals surface area contributed by atoms with E-state index in [1.807, 2.05) is 34.0 Å². The molecule has 0 fully saturated rings. The SMILES string of the molecule is CCNC(=O)c1cccc(NC(=O)N[C@@H](C)c2cn(C)nc2C)c1. The molecule has 3 amide bonds. The van der Waals surface area contributed by atoms with E-state index in [1.54, 1.807) is 28.9 Å². The van der Waals surface area contributed by atoms with Gasteiger partial charge in [-0.15, -0.1) is 0 Å². The van der Waals surface area contributed by atoms with Gasteiger partial charge in [-0.2, -0.15) is 5.10 Å². The summed E-state index contributed by atoms with van der Waals surface area (Å²) in [5.74, 6) is -0.166. The molecule has 1 heterocycles. The highest BCUT2D eigenvalue weighted by Gasteiger charge is 2.14. The van der Waals surface area contributed by atoms with Crippen LogP contribution in [-0.4, -0.2) is 28.3 Å². The Balaban J connectivity index is 2.00. The smallest absolute Gasteiger partial charge is 0.319 e. The van der Waals surface area contributed by atoms with Crippen molar-refractivity contribution in [2.24, 2.45) is 7.05 Å². The summed E-state index contributed by atoms with van der Waals surface area (Å²) in [6, 6.07) is 6.31. The zero-order valence-electron chi connectivity index (χ0n) is 14.4. The van der Waals surface area contributed by atoms with Crippen LogP contribution in [0.2, 0.25) is 0 Å². The first-order valence-electron chi connectivity index (χ1n) is 7.86. The minimum Gasteiger partial charge on any atom is -0.352 e. The minimum atomic E-state index is -0.334. The molecule has 24 heavy (non-hydrogen) atoms. The number of aryl methyl sites for hydroxylation is 2. The Hall–Kier alpha value is -2.83. The van der Waals surface area contributed by atoms with Gasteiger partial charge in [-0.05, 0) is 39.0 Å². The molecule has 1 aromatic carbocycles. The molecule has 0 saturated heterocycles. The summed E-state index contributed by atoms with van der Waals surface area (Å²) in [6.07, 6.45) is 1.88. The van der Waals surface area contributed by atoms with Gasteiger partial charge in [0.25, 0.3) is 5.91 Å². The van der Waals surface area contributed by atoms with Crippen molar-refractivity contribution in [3.05, 3.63) is 47.3 Å². The van der Waals surface area contributed by atoms with Gasteiger partial charge in [0.05, 0.1) is 11.7 Å². The fourth-order valence-corrected chi connectivity index (χ4v) is 2.49. The molecular formula is C17H23N5O2. The van der Waals surface area contributed by atoms with E-state index < -0.39 is 0 Å². The second kappa shape index (κ2) is 7.63. The van der Waals surface area contributed by atoms with Gasteiger partial charge in [0.1, 0.15) is 0 Å². The number of nitrogens with zero attached hydrogens (tertiary/aromatic N) is 2. The molecule has 7 nitrogen and oxygen atoms in total. The highest BCUT2D eigenvalue weighted by Crippen LogP contribution is 2.16. The lowest BCUT2D eigenvalue weighted by atomic mass is 10.1. The zero-order chi connectivity index (χ0) is 17.7. The molecule has 3 N–H and O–H groups in total. The van der Waals surface area contributed by atoms with Gasteiger partial charge in [-0.3, -0.25) is 9.48 Å². The highest BCUT2D eigenvalue weighted by molar-refractivity contribution is 5.96. The van der Waals surface area contributed by atoms with Crippen molar-refractivity contribution in [1.82, 2.24) is 20.4 Å². The molecule has 0 aliphatic rings. The Morgan fingerprint density at radius 1 is 1.33 bits per heavy atom. The number of carbonyl (C=O) groups excluding carboxylic acids is 2. The van der Waals surface area contributed by atoms with Crippen molar-refractivity contribution in [3.63, 3.8) is 0 Å². The van der Waals surface area contributed by atoms with Crippen LogP contribution in [0.5, 0.6) is 0 Å². The normalized spacial score (nSPS) is 11.7. The first-order chi connectivity index (χ1) is 11.4. The number of hydrogen-bond acceptors (Lipinski definition) is 3. The zero-order valence-corrected chi connectivity index (χ0v) is 14.4. The molecule has 0 radical (unpaired) electrons. The van der Waals surface area contributed by atoms with Crippen molar-refractivity contribution >= 4 is 17.6 Å². The van der Waals surface area contributed by atoms with Crippen LogP contribution in [0.1, 0.15) is 41.5 Å². The lowest BCUT2D eigenvalue weighted by molar-refractivity contribution is 0.0956. The maximum absolute atomic E-state index is 12.2. The standard InChI is InChI=1S/C17H23N5O2/c1-5-18-16(23)13-7-6-8-14(9-13)20-17(24)19-11(2)15-10-22(4)21-12(15)3/h6-11H,5H2,1-4H3,(H,18,23)(H2,19,20,24)/t11-/m0/s1. The number of aromatic nitrogens is 2. The van der Waals surface area contributed by atoms with Gasteiger partial charge in [-0.1, -0.05) is 6.07 Å². The highest BCUT2D eigenvalue weighted by atomic mass is 16.2. The molecule has 0 unspecified atom stereocenters. The largest absolute Gasteiger partial charge is 0.352 e. The fourth-order valence-electron chi connectivity index (χ4n) is 2.49. The van der Waals surface area contributed by atoms with Gasteiger partial charge in [0.2, 0.25) is 0 Å². The van der Waals surface area contributed by atoms with Gasteiger partial charge in [-0.25, -0.2) is 4.79 Å². The summed E-state index contributed by atoms with van der Waals surface area (Å²) in [4.78, 5) is 24.0. The number of benzene rings is 1. The predicted octanol–water partition coefficient (Wildman–Crippen LogP) is 2.36. The van der Waals surface area contributed by atoms with Gasteiger partial charge in [0, 0.05) is 36.6 Å². The van der Waals surface area contributed by atoms with E-state index in [0.717, 1.165) is 11.3 Å². The Labute approximate surface area is 141 Å². The summed E-state index contributed by atoms with van der Waals surface area (Å²) in [6.45, 7) is 6.21. The second-order valence-corrected chi connectivity index (χ2v) is 5.60. The number of hydrogen-bond donors (Lipinski definition) is 3. The first-order valence-corrected chi connectivity index (χ1v) is 7.86. The Morgan fingerprint density at radius 3 is 2.71 bits per heavy atom. The summed E-state index contributed by atoms with van der Waals surface area (Å²) in [7, 11) is 1.84. The van der Waals surface area contributed by atoms with Crippen LogP contribution >= 0.6 is 0 Å². The number of carbonyl (C=O) groups is 2. The van der Waals surface area contributed by atoms with Crippen LogP contribution < -0.4 is 16.0 Å². The predicted molar refractivity (Wildman–Crippen MR) is 93.0 cm³/mol. The van der Waals surface area contributed by atoms with E-state index >= 15 is 0 Å². The van der Waals surface area contributed by atoms with Crippen LogP contribution in [0, 0.1) is 6.92 Å². The molecule has 2 aromatic rings. The molecule has 0 aliphatic heterocycles. The second-order valence-electron chi connectivity index (χ2n) is 5.60. The van der Waals surface area contributed by atoms with Crippen molar-refractivity contribution < 1.29 is 9.59 Å². The first kappa shape index (κ1) is 17.5. The van der Waals surface area contributed by atoms with E-state index in [1.165, 1.54) is 0 Å². The van der Waals surface area contributed by atoms with Crippen LogP contribution in [0.4, 0.5) is 10.5 Å². The van der Waals surface area contributed by atoms with Crippen LogP contribution in [0.3, 0.4) is 0 Å². The molecule has 2 rings (SSSR count). The van der Waals surface area contributed by atoms with E-state index in [-0.39, 0.29) is 18.0 Å². The van der Waals surface area contributed by atoms with Crippen molar-refractivity contribution in [3.8, 4) is 0 Å². The van der Waals surface area contributed by atoms with Crippen LogP contribution in [0.15, 0.2) is 30.5 Å². The molecule has 0 aliphatic carbocycles. The fraction of sp³-hybridized carbons (Fsp3) is 0.353. The molecule has 1 aromatic heterocycles. The van der Waals surface area contributed by atoms with Gasteiger partial charge in [0.15, 0.2) is 0 Å².